The van der Waals surface area contributed by atoms with Gasteiger partial charge in [-0.15, -0.1) is 0 Å². The van der Waals surface area contributed by atoms with Crippen molar-refractivity contribution in [3.05, 3.63) is 88.1 Å². The van der Waals surface area contributed by atoms with E-state index >= 15 is 0 Å². The normalized spacial score (nSPS) is 11.6. The van der Waals surface area contributed by atoms with Crippen LogP contribution in [0.2, 0.25) is 5.02 Å². The average molecular weight is 465 g/mol. The number of carbonyl (C=O) groups excluding carboxylic acids is 1. The molecule has 2 aromatic heterocycles. The lowest BCUT2D eigenvalue weighted by atomic mass is 10.1. The van der Waals surface area contributed by atoms with Crippen LogP contribution in [0, 0.1) is 19.7 Å². The van der Waals surface area contributed by atoms with Crippen LogP contribution in [0.1, 0.15) is 27.3 Å². The molecule has 168 valence electrons. The highest BCUT2D eigenvalue weighted by molar-refractivity contribution is 6.31. The largest absolute Gasteiger partial charge is 0.361 e. The van der Waals surface area contributed by atoms with Crippen LogP contribution < -0.4 is 10.6 Å². The monoisotopic (exact) mass is 464 g/mol. The van der Waals surface area contributed by atoms with Crippen LogP contribution in [0.25, 0.3) is 10.9 Å². The number of aryl methyl sites for hydroxylation is 2. The molecule has 0 aliphatic rings. The molecule has 0 aliphatic heterocycles. The molecule has 0 unspecified atom stereocenters. The molecule has 1 amide bonds. The van der Waals surface area contributed by atoms with Gasteiger partial charge in [0.2, 0.25) is 11.9 Å². The van der Waals surface area contributed by atoms with Gasteiger partial charge < -0.3 is 4.98 Å². The Bertz CT molecular complexity index is 1330. The standard InChI is InChI=1S/C24H22ClFN6O/c1-14-10-15(2)30-24(29-14)32-23(31-22(33)16-4-3-5-18(25)11-16)27-9-8-17-13-28-21-7-6-19(26)12-20(17)21/h3-7,10-13,28H,8-9H2,1-2H3,(H2,27,29,30,31,32,33). The number of rotatable bonds is 5. The molecular formula is C24H22ClFN6O. The number of H-pyrrole nitrogens is 1. The second kappa shape index (κ2) is 9.79. The number of amides is 1. The minimum atomic E-state index is -0.373. The van der Waals surface area contributed by atoms with Crippen LogP contribution >= 0.6 is 11.6 Å². The Balaban J connectivity index is 1.55. The summed E-state index contributed by atoms with van der Waals surface area (Å²) >= 11 is 6.01. The number of guanidine groups is 1. The molecule has 9 heteroatoms. The van der Waals surface area contributed by atoms with E-state index in [1.165, 1.54) is 12.1 Å². The molecule has 7 nitrogen and oxygen atoms in total. The highest BCUT2D eigenvalue weighted by atomic mass is 35.5. The van der Waals surface area contributed by atoms with Crippen molar-refractivity contribution in [1.82, 2.24) is 20.3 Å². The van der Waals surface area contributed by atoms with Crippen LogP contribution in [-0.2, 0) is 6.42 Å². The lowest BCUT2D eigenvalue weighted by Crippen LogP contribution is -2.37. The first-order valence-electron chi connectivity index (χ1n) is 10.3. The summed E-state index contributed by atoms with van der Waals surface area (Å²) in [5.41, 5.74) is 3.74. The van der Waals surface area contributed by atoms with Gasteiger partial charge in [0.1, 0.15) is 5.82 Å². The maximum Gasteiger partial charge on any atom is 0.258 e. The van der Waals surface area contributed by atoms with E-state index in [0.29, 0.717) is 29.5 Å². The van der Waals surface area contributed by atoms with Crippen molar-refractivity contribution in [2.75, 3.05) is 11.9 Å². The van der Waals surface area contributed by atoms with Gasteiger partial charge in [0.15, 0.2) is 0 Å². The number of nitrogens with one attached hydrogen (secondary N) is 3. The fraction of sp³-hybridized carbons (Fsp3) is 0.167. The number of benzene rings is 2. The molecule has 0 saturated heterocycles. The molecular weight excluding hydrogens is 443 g/mol. The molecule has 3 N–H and O–H groups in total. The van der Waals surface area contributed by atoms with Crippen molar-refractivity contribution in [2.45, 2.75) is 20.3 Å². The molecule has 0 saturated carbocycles. The van der Waals surface area contributed by atoms with Gasteiger partial charge in [0, 0.05) is 45.6 Å². The van der Waals surface area contributed by atoms with E-state index < -0.39 is 0 Å². The van der Waals surface area contributed by atoms with Crippen molar-refractivity contribution in [3.8, 4) is 0 Å². The van der Waals surface area contributed by atoms with E-state index in [9.17, 15) is 9.18 Å². The summed E-state index contributed by atoms with van der Waals surface area (Å²) in [6.45, 7) is 4.06. The number of hydrogen-bond donors (Lipinski definition) is 3. The zero-order valence-electron chi connectivity index (χ0n) is 18.1. The van der Waals surface area contributed by atoms with Gasteiger partial charge in [0.05, 0.1) is 0 Å². The Morgan fingerprint density at radius 1 is 1.12 bits per heavy atom. The van der Waals surface area contributed by atoms with Crippen LogP contribution in [0.5, 0.6) is 0 Å². The van der Waals surface area contributed by atoms with Gasteiger partial charge >= 0.3 is 0 Å². The Hall–Kier alpha value is -3.78. The molecule has 4 aromatic rings. The van der Waals surface area contributed by atoms with Crippen LogP contribution in [0.3, 0.4) is 0 Å². The second-order valence-corrected chi connectivity index (χ2v) is 7.98. The number of halogens is 2. The molecule has 0 atom stereocenters. The quantitative estimate of drug-likeness (QED) is 0.292. The SMILES string of the molecule is Cc1cc(C)nc(NC(=NCCc2c[nH]c3ccc(F)cc23)NC(=O)c2cccc(Cl)c2)n1. The van der Waals surface area contributed by atoms with Gasteiger partial charge in [0.25, 0.3) is 5.91 Å². The summed E-state index contributed by atoms with van der Waals surface area (Å²) in [6.07, 6.45) is 2.37. The molecule has 33 heavy (non-hydrogen) atoms. The summed E-state index contributed by atoms with van der Waals surface area (Å²) in [4.78, 5) is 29.1. The van der Waals surface area contributed by atoms with Crippen molar-refractivity contribution in [3.63, 3.8) is 0 Å². The van der Waals surface area contributed by atoms with Crippen molar-refractivity contribution in [1.29, 1.82) is 0 Å². The molecule has 2 aromatic carbocycles. The average Bonchev–Trinajstić information content (AvgIpc) is 3.15. The molecule has 4 rings (SSSR count). The third-order valence-corrected chi connectivity index (χ3v) is 5.15. The fourth-order valence-electron chi connectivity index (χ4n) is 3.45. The van der Waals surface area contributed by atoms with Crippen molar-refractivity contribution < 1.29 is 9.18 Å². The number of aromatic amines is 1. The highest BCUT2D eigenvalue weighted by Gasteiger charge is 2.12. The lowest BCUT2D eigenvalue weighted by Gasteiger charge is -2.12. The number of aliphatic imine (C=N–C) groups is 1. The minimum absolute atomic E-state index is 0.205. The number of aromatic nitrogens is 3. The zero-order valence-corrected chi connectivity index (χ0v) is 18.9. The summed E-state index contributed by atoms with van der Waals surface area (Å²) < 4.78 is 13.7. The maximum atomic E-state index is 13.7. The second-order valence-electron chi connectivity index (χ2n) is 7.55. The summed E-state index contributed by atoms with van der Waals surface area (Å²) in [7, 11) is 0. The first-order valence-corrected chi connectivity index (χ1v) is 10.7. The number of anilines is 1. The molecule has 2 heterocycles. The molecule has 0 bridgehead atoms. The summed E-state index contributed by atoms with van der Waals surface area (Å²) in [5, 5.41) is 7.03. The van der Waals surface area contributed by atoms with Gasteiger partial charge in [-0.1, -0.05) is 17.7 Å². The third kappa shape index (κ3) is 5.72. The maximum absolute atomic E-state index is 13.7. The Kier molecular flexibility index (Phi) is 6.65. The number of carbonyl (C=O) groups is 1. The predicted octanol–water partition coefficient (Wildman–Crippen LogP) is 4.81. The van der Waals surface area contributed by atoms with Crippen molar-refractivity contribution >= 4 is 40.3 Å². The number of fused-ring (bicyclic) bond motifs is 1. The zero-order chi connectivity index (χ0) is 23.4. The first kappa shape index (κ1) is 22.4. The van der Waals surface area contributed by atoms with Crippen LogP contribution in [0.15, 0.2) is 59.7 Å². The Labute approximate surface area is 195 Å². The van der Waals surface area contributed by atoms with E-state index in [2.05, 4.69) is 30.6 Å². The lowest BCUT2D eigenvalue weighted by molar-refractivity contribution is 0.0977. The summed E-state index contributed by atoms with van der Waals surface area (Å²) in [5.74, 6) is -0.139. The molecule has 0 radical (unpaired) electrons. The Morgan fingerprint density at radius 2 is 1.91 bits per heavy atom. The molecule has 0 aliphatic carbocycles. The van der Waals surface area contributed by atoms with Gasteiger partial charge in [-0.25, -0.2) is 14.4 Å². The van der Waals surface area contributed by atoms with Crippen LogP contribution in [-0.4, -0.2) is 33.4 Å². The van der Waals surface area contributed by atoms with Gasteiger partial charge in [-0.05, 0) is 68.3 Å². The van der Waals surface area contributed by atoms with Gasteiger partial charge in [-0.2, -0.15) is 0 Å². The summed E-state index contributed by atoms with van der Waals surface area (Å²) in [6, 6.07) is 13.1. The minimum Gasteiger partial charge on any atom is -0.361 e. The van der Waals surface area contributed by atoms with E-state index in [-0.39, 0.29) is 17.7 Å². The molecule has 0 fully saturated rings. The highest BCUT2D eigenvalue weighted by Crippen LogP contribution is 2.20. The molecule has 0 spiro atoms. The van der Waals surface area contributed by atoms with Crippen molar-refractivity contribution in [2.24, 2.45) is 4.99 Å². The topological polar surface area (TPSA) is 95.1 Å². The predicted molar refractivity (Wildman–Crippen MR) is 128 cm³/mol. The third-order valence-electron chi connectivity index (χ3n) is 4.91. The van der Waals surface area contributed by atoms with E-state index in [1.54, 1.807) is 30.3 Å². The van der Waals surface area contributed by atoms with E-state index in [4.69, 9.17) is 11.6 Å². The Morgan fingerprint density at radius 3 is 2.67 bits per heavy atom. The van der Waals surface area contributed by atoms with Crippen LogP contribution in [0.4, 0.5) is 10.3 Å². The number of hydrogen-bond acceptors (Lipinski definition) is 4. The van der Waals surface area contributed by atoms with E-state index in [0.717, 1.165) is 27.9 Å². The first-order chi connectivity index (χ1) is 15.9. The van der Waals surface area contributed by atoms with Gasteiger partial charge in [-0.3, -0.25) is 20.4 Å². The number of nitrogens with zero attached hydrogens (tertiary/aromatic N) is 3. The smallest absolute Gasteiger partial charge is 0.258 e. The fourth-order valence-corrected chi connectivity index (χ4v) is 3.64. The van der Waals surface area contributed by atoms with E-state index in [1.807, 2.05) is 26.1 Å².